The number of carbonyl (C=O) groups is 1. The van der Waals surface area contributed by atoms with Crippen LogP contribution in [0.4, 0.5) is 0 Å². The number of ketones is 1. The summed E-state index contributed by atoms with van der Waals surface area (Å²) in [4.78, 5) is 12.3. The van der Waals surface area contributed by atoms with Gasteiger partial charge in [-0.1, -0.05) is 35.2 Å². The molecule has 1 saturated carbocycles. The highest BCUT2D eigenvalue weighted by molar-refractivity contribution is 9.10. The SMILES string of the molecule is COc1ccc(Br)cc1CC(=O)C(O)C1CCCCC1. The maximum atomic E-state index is 12.3. The lowest BCUT2D eigenvalue weighted by atomic mass is 9.83. The molecule has 4 heteroatoms. The smallest absolute Gasteiger partial charge is 0.166 e. The summed E-state index contributed by atoms with van der Waals surface area (Å²) in [5.41, 5.74) is 0.821. The van der Waals surface area contributed by atoms with Crippen molar-refractivity contribution >= 4 is 21.7 Å². The van der Waals surface area contributed by atoms with Crippen molar-refractivity contribution in [2.75, 3.05) is 7.11 Å². The molecular weight excluding hydrogens is 320 g/mol. The fraction of sp³-hybridized carbons (Fsp3) is 0.562. The standard InChI is InChI=1S/C16H21BrO3/c1-20-15-8-7-13(17)9-12(15)10-14(18)16(19)11-5-3-2-4-6-11/h7-9,11,16,19H,2-6,10H2,1H3. The van der Waals surface area contributed by atoms with Crippen molar-refractivity contribution in [1.82, 2.24) is 0 Å². The van der Waals surface area contributed by atoms with Crippen LogP contribution in [0.1, 0.15) is 37.7 Å². The summed E-state index contributed by atoms with van der Waals surface area (Å²) in [6.45, 7) is 0. The average molecular weight is 341 g/mol. The molecule has 0 radical (unpaired) electrons. The molecule has 0 saturated heterocycles. The molecular formula is C16H21BrO3. The van der Waals surface area contributed by atoms with E-state index in [0.717, 1.165) is 35.7 Å². The van der Waals surface area contributed by atoms with E-state index in [4.69, 9.17) is 4.74 Å². The molecule has 0 spiro atoms. The van der Waals surface area contributed by atoms with E-state index in [1.165, 1.54) is 6.42 Å². The van der Waals surface area contributed by atoms with Crippen LogP contribution in [-0.4, -0.2) is 24.1 Å². The van der Waals surface area contributed by atoms with Gasteiger partial charge in [0.15, 0.2) is 5.78 Å². The molecule has 0 heterocycles. The molecule has 0 amide bonds. The van der Waals surface area contributed by atoms with Crippen LogP contribution in [0.3, 0.4) is 0 Å². The predicted octanol–water partition coefficient (Wildman–Crippen LogP) is 3.51. The van der Waals surface area contributed by atoms with Gasteiger partial charge in [-0.2, -0.15) is 0 Å². The maximum absolute atomic E-state index is 12.3. The Morgan fingerprint density at radius 2 is 2.10 bits per heavy atom. The number of aliphatic hydroxyl groups is 1. The average Bonchev–Trinajstić information content (AvgIpc) is 2.47. The van der Waals surface area contributed by atoms with Crippen LogP contribution >= 0.6 is 15.9 Å². The van der Waals surface area contributed by atoms with Crippen LogP contribution in [0.25, 0.3) is 0 Å². The summed E-state index contributed by atoms with van der Waals surface area (Å²) in [5, 5.41) is 10.2. The highest BCUT2D eigenvalue weighted by Crippen LogP contribution is 2.29. The number of aliphatic hydroxyl groups excluding tert-OH is 1. The van der Waals surface area contributed by atoms with E-state index >= 15 is 0 Å². The monoisotopic (exact) mass is 340 g/mol. The number of Topliss-reactive ketones (excluding diaryl/α,β-unsaturated/α-hetero) is 1. The van der Waals surface area contributed by atoms with Crippen molar-refractivity contribution in [3.8, 4) is 5.75 Å². The normalized spacial score (nSPS) is 17.8. The van der Waals surface area contributed by atoms with Crippen LogP contribution in [0.15, 0.2) is 22.7 Å². The summed E-state index contributed by atoms with van der Waals surface area (Å²) in [6.07, 6.45) is 4.77. The molecule has 20 heavy (non-hydrogen) atoms. The molecule has 3 nitrogen and oxygen atoms in total. The lowest BCUT2D eigenvalue weighted by Crippen LogP contribution is -2.32. The van der Waals surface area contributed by atoms with Crippen LogP contribution in [-0.2, 0) is 11.2 Å². The second-order valence-electron chi connectivity index (χ2n) is 5.44. The Morgan fingerprint density at radius 1 is 1.40 bits per heavy atom. The van der Waals surface area contributed by atoms with E-state index in [1.54, 1.807) is 7.11 Å². The predicted molar refractivity (Wildman–Crippen MR) is 82.0 cm³/mol. The summed E-state index contributed by atoms with van der Waals surface area (Å²) in [7, 11) is 1.59. The largest absolute Gasteiger partial charge is 0.496 e. The minimum atomic E-state index is -0.834. The molecule has 1 fully saturated rings. The first-order valence-electron chi connectivity index (χ1n) is 7.15. The fourth-order valence-corrected chi connectivity index (χ4v) is 3.30. The third-order valence-corrected chi connectivity index (χ3v) is 4.53. The molecule has 0 aliphatic heterocycles. The van der Waals surface area contributed by atoms with Gasteiger partial charge in [-0.25, -0.2) is 0 Å². The second kappa shape index (κ2) is 7.23. The second-order valence-corrected chi connectivity index (χ2v) is 6.36. The molecule has 1 unspecified atom stereocenters. The first-order chi connectivity index (χ1) is 9.61. The van der Waals surface area contributed by atoms with Crippen LogP contribution in [0.2, 0.25) is 0 Å². The third-order valence-electron chi connectivity index (χ3n) is 4.03. The molecule has 1 atom stereocenters. The fourth-order valence-electron chi connectivity index (χ4n) is 2.89. The van der Waals surface area contributed by atoms with E-state index < -0.39 is 6.10 Å². The van der Waals surface area contributed by atoms with Crippen molar-refractivity contribution in [2.45, 2.75) is 44.6 Å². The molecule has 1 aliphatic carbocycles. The maximum Gasteiger partial charge on any atom is 0.166 e. The van der Waals surface area contributed by atoms with Crippen molar-refractivity contribution in [2.24, 2.45) is 5.92 Å². The number of benzene rings is 1. The molecule has 0 bridgehead atoms. The number of hydrogen-bond donors (Lipinski definition) is 1. The van der Waals surface area contributed by atoms with E-state index in [1.807, 2.05) is 18.2 Å². The van der Waals surface area contributed by atoms with Crippen molar-refractivity contribution in [1.29, 1.82) is 0 Å². The Labute approximate surface area is 128 Å². The Hall–Kier alpha value is -0.870. The topological polar surface area (TPSA) is 46.5 Å². The van der Waals surface area contributed by atoms with Gasteiger partial charge in [0.1, 0.15) is 11.9 Å². The Balaban J connectivity index is 2.05. The van der Waals surface area contributed by atoms with Crippen molar-refractivity contribution in [3.05, 3.63) is 28.2 Å². The number of methoxy groups -OCH3 is 1. The number of halogens is 1. The number of hydrogen-bond acceptors (Lipinski definition) is 3. The lowest BCUT2D eigenvalue weighted by Gasteiger charge is -2.25. The molecule has 1 N–H and O–H groups in total. The van der Waals surface area contributed by atoms with Crippen LogP contribution < -0.4 is 4.74 Å². The summed E-state index contributed by atoms with van der Waals surface area (Å²) in [6, 6.07) is 5.59. The van der Waals surface area contributed by atoms with Gasteiger partial charge < -0.3 is 9.84 Å². The summed E-state index contributed by atoms with van der Waals surface area (Å²) < 4.78 is 6.18. The molecule has 1 aromatic carbocycles. The Morgan fingerprint density at radius 3 is 2.75 bits per heavy atom. The van der Waals surface area contributed by atoms with E-state index in [0.29, 0.717) is 5.75 Å². The quantitative estimate of drug-likeness (QED) is 0.892. The lowest BCUT2D eigenvalue weighted by molar-refractivity contribution is -0.129. The van der Waals surface area contributed by atoms with Gasteiger partial charge >= 0.3 is 0 Å². The van der Waals surface area contributed by atoms with Gasteiger partial charge in [-0.05, 0) is 37.0 Å². The van der Waals surface area contributed by atoms with Gasteiger partial charge in [-0.3, -0.25) is 4.79 Å². The zero-order valence-corrected chi connectivity index (χ0v) is 13.4. The Bertz CT molecular complexity index is 467. The van der Waals surface area contributed by atoms with E-state index in [-0.39, 0.29) is 18.1 Å². The van der Waals surface area contributed by atoms with E-state index in [9.17, 15) is 9.90 Å². The number of ether oxygens (including phenoxy) is 1. The number of rotatable bonds is 5. The first-order valence-corrected chi connectivity index (χ1v) is 7.94. The first kappa shape index (κ1) is 15.5. The highest BCUT2D eigenvalue weighted by Gasteiger charge is 2.27. The third kappa shape index (κ3) is 3.83. The van der Waals surface area contributed by atoms with Crippen LogP contribution in [0.5, 0.6) is 5.75 Å². The van der Waals surface area contributed by atoms with Gasteiger partial charge in [0.05, 0.1) is 7.11 Å². The van der Waals surface area contributed by atoms with Crippen molar-refractivity contribution in [3.63, 3.8) is 0 Å². The molecule has 110 valence electrons. The molecule has 1 aromatic rings. The molecule has 1 aliphatic rings. The molecule has 2 rings (SSSR count). The summed E-state index contributed by atoms with van der Waals surface area (Å²) >= 11 is 3.40. The van der Waals surface area contributed by atoms with Gasteiger partial charge in [0, 0.05) is 16.5 Å². The molecule has 0 aromatic heterocycles. The minimum Gasteiger partial charge on any atom is -0.496 e. The van der Waals surface area contributed by atoms with Gasteiger partial charge in [-0.15, -0.1) is 0 Å². The van der Waals surface area contributed by atoms with Crippen molar-refractivity contribution < 1.29 is 14.6 Å². The zero-order chi connectivity index (χ0) is 14.5. The number of carbonyl (C=O) groups excluding carboxylic acids is 1. The zero-order valence-electron chi connectivity index (χ0n) is 11.8. The van der Waals surface area contributed by atoms with Gasteiger partial charge in [0.25, 0.3) is 0 Å². The minimum absolute atomic E-state index is 0.103. The van der Waals surface area contributed by atoms with Gasteiger partial charge in [0.2, 0.25) is 0 Å². The van der Waals surface area contributed by atoms with E-state index in [2.05, 4.69) is 15.9 Å². The van der Waals surface area contributed by atoms with Crippen LogP contribution in [0, 0.1) is 5.92 Å². The Kier molecular flexibility index (Phi) is 5.61. The highest BCUT2D eigenvalue weighted by atomic mass is 79.9. The summed E-state index contributed by atoms with van der Waals surface area (Å²) in [5.74, 6) is 0.722.